The summed E-state index contributed by atoms with van der Waals surface area (Å²) in [4.78, 5) is 68.6. The van der Waals surface area contributed by atoms with E-state index in [1.807, 2.05) is 4.90 Å². The van der Waals surface area contributed by atoms with Crippen molar-refractivity contribution in [2.24, 2.45) is 23.3 Å². The van der Waals surface area contributed by atoms with Crippen LogP contribution >= 0.6 is 0 Å². The summed E-state index contributed by atoms with van der Waals surface area (Å²) < 4.78 is 19.6. The Kier molecular flexibility index (Phi) is 11.8. The first-order valence-corrected chi connectivity index (χ1v) is 15.0. The van der Waals surface area contributed by atoms with Gasteiger partial charge in [0.25, 0.3) is 0 Å². The molecule has 0 saturated heterocycles. The minimum absolute atomic E-state index is 0.0217. The minimum Gasteiger partial charge on any atom is -0.481 e. The highest BCUT2D eigenvalue weighted by atomic mass is 16.5. The summed E-state index contributed by atoms with van der Waals surface area (Å²) in [6, 6.07) is -0.984. The number of hydrogen-bond donors (Lipinski definition) is 7. The largest absolute Gasteiger partial charge is 0.481 e. The van der Waals surface area contributed by atoms with Crippen molar-refractivity contribution in [1.29, 1.82) is 0 Å². The van der Waals surface area contributed by atoms with Crippen LogP contribution in [0.15, 0.2) is 24.8 Å². The molecule has 5 atom stereocenters. The molecule has 0 radical (unpaired) electrons. The standard InChI is InChI=1S/C28H40N8O12/c29-23-22(25(42)43)28(24(23)27(28,30)26(44)45)33-19(37)1-7-46-9-11-48-12-10-47-8-6-34(13-17-31-2-4-35(17)15-20(38)39)14-18-32-3-5-36(18)16-21(40)41/h2-5,22-24H,1,6-16,29-30H2,(H,33,37)(H,38,39)(H,40,41)(H,42,43)(H,44,45). The fourth-order valence-corrected chi connectivity index (χ4v) is 6.28. The summed E-state index contributed by atoms with van der Waals surface area (Å²) in [6.07, 6.45) is 5.98. The molecular weight excluding hydrogens is 640 g/mol. The quantitative estimate of drug-likeness (QED) is 0.0575. The number of amides is 1. The van der Waals surface area contributed by atoms with Crippen molar-refractivity contribution in [1.82, 2.24) is 29.3 Å². The molecule has 20 nitrogen and oxygen atoms in total. The lowest BCUT2D eigenvalue weighted by atomic mass is 9.74. The summed E-state index contributed by atoms with van der Waals surface area (Å²) in [5, 5.41) is 39.9. The first-order valence-electron chi connectivity index (χ1n) is 15.0. The molecule has 2 saturated carbocycles. The Morgan fingerprint density at radius 1 is 0.833 bits per heavy atom. The van der Waals surface area contributed by atoms with Gasteiger partial charge in [0.15, 0.2) is 0 Å². The molecule has 0 aromatic carbocycles. The third-order valence-corrected chi connectivity index (χ3v) is 8.52. The molecule has 2 aliphatic carbocycles. The van der Waals surface area contributed by atoms with Crippen LogP contribution in [-0.4, -0.2) is 138 Å². The Morgan fingerprint density at radius 2 is 1.33 bits per heavy atom. The molecule has 0 spiro atoms. The summed E-state index contributed by atoms with van der Waals surface area (Å²) in [7, 11) is 0. The zero-order valence-electron chi connectivity index (χ0n) is 26.0. The van der Waals surface area contributed by atoms with Crippen LogP contribution in [0.2, 0.25) is 0 Å². The highest BCUT2D eigenvalue weighted by Gasteiger charge is 2.93. The summed E-state index contributed by atoms with van der Waals surface area (Å²) in [5.41, 5.74) is 8.19. The van der Waals surface area contributed by atoms with E-state index < -0.39 is 58.7 Å². The lowest BCUT2D eigenvalue weighted by Crippen LogP contribution is -2.65. The SMILES string of the molecule is NC1C(C(=O)O)C2(NC(=O)CCOCCOCCOCCN(Cc3nccn3CC(=O)O)Cc3nccn3CC(=O)O)C1C2(N)C(=O)O. The number of ether oxygens (including phenoxy) is 3. The number of nitrogens with zero attached hydrogens (tertiary/aromatic N) is 5. The predicted molar refractivity (Wildman–Crippen MR) is 159 cm³/mol. The van der Waals surface area contributed by atoms with Crippen LogP contribution < -0.4 is 16.8 Å². The number of carbonyl (C=O) groups excluding carboxylic acids is 1. The maximum Gasteiger partial charge on any atom is 0.326 e. The molecule has 2 aliphatic rings. The van der Waals surface area contributed by atoms with Gasteiger partial charge in [-0.1, -0.05) is 0 Å². The average molecular weight is 681 g/mol. The Bertz CT molecular complexity index is 1430. The van der Waals surface area contributed by atoms with Crippen LogP contribution in [-0.2, 0) is 64.4 Å². The molecule has 48 heavy (non-hydrogen) atoms. The number of fused-ring (bicyclic) bond motifs is 1. The lowest BCUT2D eigenvalue weighted by Gasteiger charge is -2.39. The van der Waals surface area contributed by atoms with Gasteiger partial charge < -0.3 is 60.6 Å². The van der Waals surface area contributed by atoms with Gasteiger partial charge in [-0.2, -0.15) is 0 Å². The Morgan fingerprint density at radius 3 is 1.79 bits per heavy atom. The van der Waals surface area contributed by atoms with Gasteiger partial charge in [0, 0.05) is 49.7 Å². The van der Waals surface area contributed by atoms with E-state index in [4.69, 9.17) is 25.7 Å². The van der Waals surface area contributed by atoms with E-state index >= 15 is 0 Å². The van der Waals surface area contributed by atoms with Crippen molar-refractivity contribution in [3.05, 3.63) is 36.4 Å². The molecular formula is C28H40N8O12. The smallest absolute Gasteiger partial charge is 0.326 e. The summed E-state index contributed by atoms with van der Waals surface area (Å²) in [5.74, 6) is -6.56. The van der Waals surface area contributed by atoms with Crippen LogP contribution in [0.4, 0.5) is 0 Å². The van der Waals surface area contributed by atoms with Crippen LogP contribution in [0, 0.1) is 11.8 Å². The summed E-state index contributed by atoms with van der Waals surface area (Å²) >= 11 is 0. The normalized spacial score (nSPS) is 24.1. The molecule has 5 unspecified atom stereocenters. The highest BCUT2D eigenvalue weighted by Crippen LogP contribution is 2.68. The van der Waals surface area contributed by atoms with Gasteiger partial charge in [0.1, 0.15) is 30.3 Å². The number of aromatic nitrogens is 4. The molecule has 9 N–H and O–H groups in total. The fourth-order valence-electron chi connectivity index (χ4n) is 6.28. The van der Waals surface area contributed by atoms with Gasteiger partial charge in [-0.25, -0.2) is 9.97 Å². The van der Waals surface area contributed by atoms with E-state index in [9.17, 15) is 44.4 Å². The van der Waals surface area contributed by atoms with E-state index in [1.54, 1.807) is 12.4 Å². The van der Waals surface area contributed by atoms with Crippen molar-refractivity contribution >= 4 is 29.8 Å². The Hall–Kier alpha value is -4.47. The van der Waals surface area contributed by atoms with Crippen LogP contribution in [0.5, 0.6) is 0 Å². The third-order valence-electron chi connectivity index (χ3n) is 8.52. The number of rotatable bonds is 23. The maximum absolute atomic E-state index is 12.5. The van der Waals surface area contributed by atoms with Crippen molar-refractivity contribution < 1.29 is 58.6 Å². The van der Waals surface area contributed by atoms with Gasteiger partial charge in [-0.3, -0.25) is 28.9 Å². The van der Waals surface area contributed by atoms with Crippen molar-refractivity contribution in [3.8, 4) is 0 Å². The molecule has 0 bridgehead atoms. The van der Waals surface area contributed by atoms with Crippen molar-refractivity contribution in [2.75, 3.05) is 46.2 Å². The van der Waals surface area contributed by atoms with E-state index in [0.717, 1.165) is 0 Å². The second kappa shape index (κ2) is 15.6. The number of carboxylic acids is 4. The topological polar surface area (TPSA) is 297 Å². The maximum atomic E-state index is 12.5. The van der Waals surface area contributed by atoms with Gasteiger partial charge >= 0.3 is 23.9 Å². The second-order valence-electron chi connectivity index (χ2n) is 11.5. The number of aliphatic carboxylic acids is 4. The Labute approximate surface area is 273 Å². The second-order valence-corrected chi connectivity index (χ2v) is 11.5. The fraction of sp³-hybridized carbons (Fsp3) is 0.607. The van der Waals surface area contributed by atoms with E-state index in [0.29, 0.717) is 18.2 Å². The number of hydrogen-bond acceptors (Lipinski definition) is 13. The number of carbonyl (C=O) groups is 5. The number of imidazole rings is 2. The van der Waals surface area contributed by atoms with Crippen LogP contribution in [0.3, 0.4) is 0 Å². The molecule has 2 aromatic heterocycles. The lowest BCUT2D eigenvalue weighted by molar-refractivity contribution is -0.148. The van der Waals surface area contributed by atoms with Crippen LogP contribution in [0.25, 0.3) is 0 Å². The van der Waals surface area contributed by atoms with Crippen molar-refractivity contribution in [3.63, 3.8) is 0 Å². The monoisotopic (exact) mass is 680 g/mol. The molecule has 20 heteroatoms. The molecule has 2 aromatic rings. The zero-order valence-corrected chi connectivity index (χ0v) is 26.0. The first-order chi connectivity index (χ1) is 22.8. The van der Waals surface area contributed by atoms with Gasteiger partial charge in [-0.05, 0) is 0 Å². The van der Waals surface area contributed by atoms with Gasteiger partial charge in [0.05, 0.1) is 64.2 Å². The van der Waals surface area contributed by atoms with Gasteiger partial charge in [-0.15, -0.1) is 0 Å². The molecule has 264 valence electrons. The first kappa shape index (κ1) is 36.4. The molecule has 0 aliphatic heterocycles. The molecule has 2 fully saturated rings. The van der Waals surface area contributed by atoms with E-state index in [1.165, 1.54) is 21.5 Å². The van der Waals surface area contributed by atoms with Crippen molar-refractivity contribution in [2.45, 2.75) is 49.7 Å². The third kappa shape index (κ3) is 7.80. The predicted octanol–water partition coefficient (Wildman–Crippen LogP) is -3.00. The minimum atomic E-state index is -1.95. The number of carboxylic acid groups (broad SMARTS) is 4. The summed E-state index contributed by atoms with van der Waals surface area (Å²) in [6.45, 7) is 1.49. The van der Waals surface area contributed by atoms with Crippen LogP contribution in [0.1, 0.15) is 18.1 Å². The number of nitrogens with two attached hydrogens (primary N) is 2. The number of nitrogens with one attached hydrogen (secondary N) is 1. The van der Waals surface area contributed by atoms with E-state index in [-0.39, 0.29) is 72.2 Å². The molecule has 4 rings (SSSR count). The average Bonchev–Trinajstić information content (AvgIpc) is 3.36. The zero-order chi connectivity index (χ0) is 35.1. The molecule has 1 amide bonds. The Balaban J connectivity index is 1.12. The highest BCUT2D eigenvalue weighted by molar-refractivity contribution is 5.97. The van der Waals surface area contributed by atoms with Gasteiger partial charge in [0.2, 0.25) is 5.91 Å². The van der Waals surface area contributed by atoms with E-state index in [2.05, 4.69) is 15.3 Å². The molecule has 2 heterocycles.